The molecule has 0 saturated carbocycles. The molecule has 0 bridgehead atoms. The Morgan fingerprint density at radius 2 is 1.64 bits per heavy atom. The fourth-order valence-electron chi connectivity index (χ4n) is 5.50. The van der Waals surface area contributed by atoms with Crippen LogP contribution in [0.1, 0.15) is 53.0 Å². The van der Waals surface area contributed by atoms with E-state index >= 15 is 0 Å². The molecule has 2 aliphatic rings. The minimum atomic E-state index is -0.300. The van der Waals surface area contributed by atoms with Gasteiger partial charge in [0, 0.05) is 39.1 Å². The Hall–Kier alpha value is -3.59. The van der Waals surface area contributed by atoms with E-state index in [0.29, 0.717) is 35.7 Å². The molecule has 2 aliphatic heterocycles. The number of amides is 3. The number of rotatable bonds is 11. The van der Waals surface area contributed by atoms with Crippen molar-refractivity contribution in [2.45, 2.75) is 33.2 Å². The third kappa shape index (κ3) is 5.88. The summed E-state index contributed by atoms with van der Waals surface area (Å²) >= 11 is 0. The van der Waals surface area contributed by atoms with Gasteiger partial charge in [0.05, 0.1) is 37.6 Å². The highest BCUT2D eigenvalue weighted by molar-refractivity contribution is 6.23. The van der Waals surface area contributed by atoms with Gasteiger partial charge in [-0.1, -0.05) is 26.0 Å². The summed E-state index contributed by atoms with van der Waals surface area (Å²) in [5.74, 6) is 0.693. The number of likely N-dealkylation sites (N-methyl/N-ethyl adjacent to an activating group) is 2. The Kier molecular flexibility index (Phi) is 9.12. The van der Waals surface area contributed by atoms with Gasteiger partial charge in [0.1, 0.15) is 0 Å². The lowest BCUT2D eigenvalue weighted by Crippen LogP contribution is -2.43. The lowest BCUT2D eigenvalue weighted by Gasteiger charge is -2.35. The lowest BCUT2D eigenvalue weighted by molar-refractivity contribution is -0.135. The normalized spacial score (nSPS) is 15.6. The van der Waals surface area contributed by atoms with E-state index in [2.05, 4.69) is 23.6 Å². The molecule has 0 radical (unpaired) electrons. The minimum absolute atomic E-state index is 0.0291. The van der Waals surface area contributed by atoms with Gasteiger partial charge < -0.3 is 24.2 Å². The zero-order chi connectivity index (χ0) is 28.1. The van der Waals surface area contributed by atoms with Gasteiger partial charge in [-0.05, 0) is 55.8 Å². The number of hydrogen-bond donors (Lipinski definition) is 0. The van der Waals surface area contributed by atoms with Crippen LogP contribution >= 0.6 is 0 Å². The summed E-state index contributed by atoms with van der Waals surface area (Å²) in [5.41, 5.74) is 2.41. The van der Waals surface area contributed by atoms with Crippen LogP contribution in [0.3, 0.4) is 0 Å². The fraction of sp³-hybridized carbons (Fsp3) is 0.500. The van der Waals surface area contributed by atoms with Gasteiger partial charge in [-0.2, -0.15) is 0 Å². The topological polar surface area (TPSA) is 82.6 Å². The largest absolute Gasteiger partial charge is 0.493 e. The number of fused-ring (bicyclic) bond motifs is 1. The number of methoxy groups -OCH3 is 2. The van der Waals surface area contributed by atoms with E-state index in [4.69, 9.17) is 9.47 Å². The summed E-state index contributed by atoms with van der Waals surface area (Å²) in [6.45, 7) is 9.28. The SMILES string of the molecule is CCN(CC)CCN(C)C(=O)C1CCN(c2cccc3c2C(=O)N(Cc2ccc(OC)c(OC)c2)C3=O)CC1. The molecule has 1 saturated heterocycles. The van der Waals surface area contributed by atoms with Crippen molar-refractivity contribution >= 4 is 23.4 Å². The summed E-state index contributed by atoms with van der Waals surface area (Å²) in [6, 6.07) is 10.8. The number of anilines is 1. The smallest absolute Gasteiger partial charge is 0.263 e. The first-order chi connectivity index (χ1) is 18.8. The maximum atomic E-state index is 13.5. The molecular weight excluding hydrogens is 496 g/mol. The van der Waals surface area contributed by atoms with Gasteiger partial charge in [-0.25, -0.2) is 0 Å². The maximum absolute atomic E-state index is 13.5. The van der Waals surface area contributed by atoms with E-state index in [-0.39, 0.29) is 30.2 Å². The molecule has 39 heavy (non-hydrogen) atoms. The summed E-state index contributed by atoms with van der Waals surface area (Å²) in [4.78, 5) is 47.5. The van der Waals surface area contributed by atoms with Gasteiger partial charge in [-0.15, -0.1) is 0 Å². The van der Waals surface area contributed by atoms with Crippen molar-refractivity contribution in [3.05, 3.63) is 53.1 Å². The standard InChI is InChI=1S/C30H40N4O5/c1-6-32(7-2)18-17-31(3)28(35)22-13-15-33(16-14-22)24-10-8-9-23-27(24)30(37)34(29(23)36)20-21-11-12-25(38-4)26(19-21)39-5/h8-12,19,22H,6-7,13-18,20H2,1-5H3. The quantitative estimate of drug-likeness (QED) is 0.407. The van der Waals surface area contributed by atoms with Crippen LogP contribution in [0.15, 0.2) is 36.4 Å². The number of benzene rings is 2. The molecule has 0 N–H and O–H groups in total. The Morgan fingerprint density at radius 3 is 2.28 bits per heavy atom. The van der Waals surface area contributed by atoms with Gasteiger partial charge in [-0.3, -0.25) is 19.3 Å². The monoisotopic (exact) mass is 536 g/mol. The highest BCUT2D eigenvalue weighted by Crippen LogP contribution is 2.36. The summed E-state index contributed by atoms with van der Waals surface area (Å²) in [6.07, 6.45) is 1.44. The second-order valence-electron chi connectivity index (χ2n) is 10.1. The van der Waals surface area contributed by atoms with Crippen LogP contribution in [0, 0.1) is 5.92 Å². The molecule has 2 aromatic rings. The van der Waals surface area contributed by atoms with Crippen molar-refractivity contribution in [1.82, 2.24) is 14.7 Å². The molecule has 4 rings (SSSR count). The first-order valence-corrected chi connectivity index (χ1v) is 13.7. The second kappa shape index (κ2) is 12.5. The van der Waals surface area contributed by atoms with Gasteiger partial charge in [0.15, 0.2) is 11.5 Å². The van der Waals surface area contributed by atoms with Crippen molar-refractivity contribution in [2.75, 3.05) is 65.4 Å². The minimum Gasteiger partial charge on any atom is -0.493 e. The predicted molar refractivity (Wildman–Crippen MR) is 151 cm³/mol. The van der Waals surface area contributed by atoms with Crippen LogP contribution in [0.5, 0.6) is 11.5 Å². The molecule has 9 nitrogen and oxygen atoms in total. The maximum Gasteiger partial charge on any atom is 0.263 e. The fourth-order valence-corrected chi connectivity index (χ4v) is 5.50. The number of carbonyl (C=O) groups excluding carboxylic acids is 3. The van der Waals surface area contributed by atoms with Crippen LogP contribution in [-0.2, 0) is 11.3 Å². The number of nitrogens with zero attached hydrogens (tertiary/aromatic N) is 4. The van der Waals surface area contributed by atoms with Crippen molar-refractivity contribution in [3.8, 4) is 11.5 Å². The number of imide groups is 1. The molecular formula is C30H40N4O5. The van der Waals surface area contributed by atoms with Crippen LogP contribution < -0.4 is 14.4 Å². The van der Waals surface area contributed by atoms with E-state index in [0.717, 1.165) is 50.3 Å². The molecule has 0 atom stereocenters. The third-order valence-electron chi connectivity index (χ3n) is 7.97. The van der Waals surface area contributed by atoms with Crippen molar-refractivity contribution in [1.29, 1.82) is 0 Å². The van der Waals surface area contributed by atoms with Crippen LogP contribution in [0.2, 0.25) is 0 Å². The Morgan fingerprint density at radius 1 is 0.949 bits per heavy atom. The van der Waals surface area contributed by atoms with E-state index in [9.17, 15) is 14.4 Å². The van der Waals surface area contributed by atoms with E-state index < -0.39 is 0 Å². The molecule has 3 amide bonds. The molecule has 0 aliphatic carbocycles. The molecule has 0 unspecified atom stereocenters. The highest BCUT2D eigenvalue weighted by atomic mass is 16.5. The summed E-state index contributed by atoms with van der Waals surface area (Å²) < 4.78 is 10.7. The average Bonchev–Trinajstić information content (AvgIpc) is 3.21. The summed E-state index contributed by atoms with van der Waals surface area (Å²) in [5, 5.41) is 0. The van der Waals surface area contributed by atoms with E-state index in [1.54, 1.807) is 32.4 Å². The molecule has 2 aromatic carbocycles. The molecule has 0 aromatic heterocycles. The van der Waals surface area contributed by atoms with Crippen LogP contribution in [0.25, 0.3) is 0 Å². The third-order valence-corrected chi connectivity index (χ3v) is 7.97. The van der Waals surface area contributed by atoms with E-state index in [1.807, 2.05) is 30.1 Å². The number of ether oxygens (including phenoxy) is 2. The Bertz CT molecular complexity index is 1200. The predicted octanol–water partition coefficient (Wildman–Crippen LogP) is 3.52. The Labute approximate surface area is 231 Å². The van der Waals surface area contributed by atoms with Crippen LogP contribution in [-0.4, -0.2) is 93.0 Å². The summed E-state index contributed by atoms with van der Waals surface area (Å²) in [7, 11) is 5.00. The molecule has 0 spiro atoms. The van der Waals surface area contributed by atoms with Crippen LogP contribution in [0.4, 0.5) is 5.69 Å². The van der Waals surface area contributed by atoms with Gasteiger partial charge in [0.25, 0.3) is 11.8 Å². The number of carbonyl (C=O) groups is 3. The number of piperidine rings is 1. The van der Waals surface area contributed by atoms with Crippen molar-refractivity contribution < 1.29 is 23.9 Å². The zero-order valence-electron chi connectivity index (χ0n) is 23.7. The molecule has 2 heterocycles. The first kappa shape index (κ1) is 28.4. The van der Waals surface area contributed by atoms with E-state index in [1.165, 1.54) is 4.90 Å². The van der Waals surface area contributed by atoms with Gasteiger partial charge >= 0.3 is 0 Å². The molecule has 9 heteroatoms. The Balaban J connectivity index is 1.43. The zero-order valence-corrected chi connectivity index (χ0v) is 23.7. The highest BCUT2D eigenvalue weighted by Gasteiger charge is 2.39. The first-order valence-electron chi connectivity index (χ1n) is 13.7. The molecule has 210 valence electrons. The van der Waals surface area contributed by atoms with Crippen molar-refractivity contribution in [3.63, 3.8) is 0 Å². The lowest BCUT2D eigenvalue weighted by atomic mass is 9.94. The van der Waals surface area contributed by atoms with Crippen molar-refractivity contribution in [2.24, 2.45) is 5.92 Å². The average molecular weight is 537 g/mol. The van der Waals surface area contributed by atoms with Gasteiger partial charge in [0.2, 0.25) is 5.91 Å². The second-order valence-corrected chi connectivity index (χ2v) is 10.1. The number of hydrogen-bond acceptors (Lipinski definition) is 7. The molecule has 1 fully saturated rings.